The van der Waals surface area contributed by atoms with Crippen LogP contribution in [0.4, 0.5) is 4.79 Å². The van der Waals surface area contributed by atoms with Gasteiger partial charge in [0.15, 0.2) is 5.54 Å². The predicted octanol–water partition coefficient (Wildman–Crippen LogP) is 2.39. The predicted molar refractivity (Wildman–Crippen MR) is 105 cm³/mol. The van der Waals surface area contributed by atoms with Gasteiger partial charge in [-0.15, -0.1) is 10.2 Å². The third-order valence-electron chi connectivity index (χ3n) is 5.01. The van der Waals surface area contributed by atoms with Gasteiger partial charge in [0.2, 0.25) is 11.8 Å². The first-order valence-electron chi connectivity index (χ1n) is 9.20. The number of hydrogen-bond acceptors (Lipinski definition) is 7. The number of imide groups is 1. The number of nitrogens with one attached hydrogen (secondary N) is 1. The van der Waals surface area contributed by atoms with Gasteiger partial charge in [-0.1, -0.05) is 24.3 Å². The van der Waals surface area contributed by atoms with Gasteiger partial charge in [0.05, 0.1) is 14.2 Å². The van der Waals surface area contributed by atoms with E-state index in [1.807, 2.05) is 0 Å². The van der Waals surface area contributed by atoms with Gasteiger partial charge in [0.1, 0.15) is 18.0 Å². The van der Waals surface area contributed by atoms with Crippen LogP contribution in [0.1, 0.15) is 22.9 Å². The molecule has 1 saturated heterocycles. The van der Waals surface area contributed by atoms with Crippen molar-refractivity contribution in [2.45, 2.75) is 19.0 Å². The van der Waals surface area contributed by atoms with Gasteiger partial charge >= 0.3 is 6.03 Å². The van der Waals surface area contributed by atoms with Gasteiger partial charge in [-0.25, -0.2) is 4.79 Å². The van der Waals surface area contributed by atoms with E-state index in [1.54, 1.807) is 69.7 Å². The van der Waals surface area contributed by atoms with Gasteiger partial charge in [0, 0.05) is 6.92 Å². The van der Waals surface area contributed by atoms with E-state index in [-0.39, 0.29) is 12.4 Å². The van der Waals surface area contributed by atoms with Gasteiger partial charge in [0.25, 0.3) is 5.91 Å². The molecule has 3 amide bonds. The minimum absolute atomic E-state index is 0.125. The first-order valence-corrected chi connectivity index (χ1v) is 9.20. The molecule has 0 atom stereocenters. The van der Waals surface area contributed by atoms with Crippen LogP contribution in [0.5, 0.6) is 11.5 Å². The monoisotopic (exact) mass is 408 g/mol. The molecule has 2 aromatic carbocycles. The zero-order chi connectivity index (χ0) is 21.3. The summed E-state index contributed by atoms with van der Waals surface area (Å²) in [4.78, 5) is 27.6. The fourth-order valence-electron chi connectivity index (χ4n) is 3.50. The lowest BCUT2D eigenvalue weighted by Gasteiger charge is -2.28. The highest BCUT2D eigenvalue weighted by Crippen LogP contribution is 2.38. The van der Waals surface area contributed by atoms with Crippen LogP contribution < -0.4 is 14.8 Å². The zero-order valence-corrected chi connectivity index (χ0v) is 16.7. The molecule has 0 saturated carbocycles. The molecule has 1 N–H and O–H groups in total. The van der Waals surface area contributed by atoms with Crippen molar-refractivity contribution in [3.8, 4) is 11.5 Å². The van der Waals surface area contributed by atoms with Gasteiger partial charge in [-0.2, -0.15) is 0 Å². The van der Waals surface area contributed by atoms with E-state index in [0.717, 1.165) is 4.90 Å². The number of rotatable bonds is 6. The quantitative estimate of drug-likeness (QED) is 0.624. The highest BCUT2D eigenvalue weighted by molar-refractivity contribution is 6.09. The third kappa shape index (κ3) is 3.14. The molecule has 4 rings (SSSR count). The molecule has 0 aliphatic carbocycles. The highest BCUT2D eigenvalue weighted by Gasteiger charge is 2.54. The van der Waals surface area contributed by atoms with E-state index in [9.17, 15) is 9.59 Å². The summed E-state index contributed by atoms with van der Waals surface area (Å²) in [5.41, 5.74) is -0.225. The van der Waals surface area contributed by atoms with Crippen LogP contribution in [-0.4, -0.2) is 41.3 Å². The summed E-state index contributed by atoms with van der Waals surface area (Å²) in [6.45, 7) is 1.51. The Morgan fingerprint density at radius 1 is 0.933 bits per heavy atom. The Balaban J connectivity index is 1.80. The number of ether oxygens (including phenoxy) is 2. The van der Waals surface area contributed by atoms with Crippen LogP contribution in [0.3, 0.4) is 0 Å². The number of benzene rings is 2. The van der Waals surface area contributed by atoms with Crippen molar-refractivity contribution in [1.82, 2.24) is 20.4 Å². The summed E-state index contributed by atoms with van der Waals surface area (Å²) in [5, 5.41) is 10.5. The number of urea groups is 1. The van der Waals surface area contributed by atoms with Crippen molar-refractivity contribution < 1.29 is 23.5 Å². The Kier molecular flexibility index (Phi) is 4.86. The Labute approximate surface area is 172 Å². The summed E-state index contributed by atoms with van der Waals surface area (Å²) in [6.07, 6.45) is 0. The van der Waals surface area contributed by atoms with Crippen LogP contribution in [0, 0.1) is 6.92 Å². The second-order valence-corrected chi connectivity index (χ2v) is 6.74. The second-order valence-electron chi connectivity index (χ2n) is 6.74. The van der Waals surface area contributed by atoms with Gasteiger partial charge in [-0.05, 0) is 35.4 Å². The maximum absolute atomic E-state index is 13.6. The summed E-state index contributed by atoms with van der Waals surface area (Å²) in [7, 11) is 3.12. The number of nitrogens with zero attached hydrogens (tertiary/aromatic N) is 3. The van der Waals surface area contributed by atoms with E-state index >= 15 is 0 Å². The van der Waals surface area contributed by atoms with Crippen LogP contribution in [0.2, 0.25) is 0 Å². The molecule has 0 unspecified atom stereocenters. The lowest BCUT2D eigenvalue weighted by molar-refractivity contribution is -0.130. The van der Waals surface area contributed by atoms with Crippen LogP contribution in [0.15, 0.2) is 52.9 Å². The van der Waals surface area contributed by atoms with E-state index in [1.165, 1.54) is 0 Å². The lowest BCUT2D eigenvalue weighted by atomic mass is 9.82. The molecular formula is C21H20N4O5. The summed E-state index contributed by atoms with van der Waals surface area (Å²) < 4.78 is 15.8. The minimum Gasteiger partial charge on any atom is -0.497 e. The van der Waals surface area contributed by atoms with Crippen LogP contribution in [0.25, 0.3) is 0 Å². The average molecular weight is 408 g/mol. The zero-order valence-electron chi connectivity index (χ0n) is 16.7. The molecule has 0 spiro atoms. The molecular weight excluding hydrogens is 388 g/mol. The first kappa shape index (κ1) is 19.4. The molecule has 0 radical (unpaired) electrons. The molecule has 2 heterocycles. The molecule has 9 heteroatoms. The van der Waals surface area contributed by atoms with Crippen molar-refractivity contribution in [2.75, 3.05) is 14.2 Å². The van der Waals surface area contributed by atoms with Crippen LogP contribution in [-0.2, 0) is 16.9 Å². The SMILES string of the molecule is COc1ccc(C2(c3ccc(OC)cc3)NC(=O)N(Cc3nnc(C)o3)C2=O)cc1. The van der Waals surface area contributed by atoms with E-state index < -0.39 is 17.5 Å². The highest BCUT2D eigenvalue weighted by atomic mass is 16.5. The molecule has 154 valence electrons. The van der Waals surface area contributed by atoms with E-state index in [2.05, 4.69) is 15.5 Å². The Hall–Kier alpha value is -3.88. The molecule has 9 nitrogen and oxygen atoms in total. The number of aryl methyl sites for hydroxylation is 1. The van der Waals surface area contributed by atoms with Crippen molar-refractivity contribution in [3.63, 3.8) is 0 Å². The fraction of sp³-hybridized carbons (Fsp3) is 0.238. The Morgan fingerprint density at radius 2 is 1.47 bits per heavy atom. The van der Waals surface area contributed by atoms with E-state index in [4.69, 9.17) is 13.9 Å². The summed E-state index contributed by atoms with van der Waals surface area (Å²) in [6, 6.07) is 13.4. The number of methoxy groups -OCH3 is 2. The van der Waals surface area contributed by atoms with Gasteiger partial charge in [-0.3, -0.25) is 9.69 Å². The average Bonchev–Trinajstić information content (AvgIpc) is 3.30. The largest absolute Gasteiger partial charge is 0.497 e. The second kappa shape index (κ2) is 7.51. The number of amides is 3. The number of aromatic nitrogens is 2. The standard InChI is InChI=1S/C21H20N4O5/c1-13-23-24-18(30-13)12-25-19(26)21(22-20(25)27,14-4-8-16(28-2)9-5-14)15-6-10-17(29-3)11-7-15/h4-11H,12H2,1-3H3,(H,22,27). The minimum atomic E-state index is -1.41. The molecule has 1 aromatic heterocycles. The Morgan fingerprint density at radius 3 is 1.90 bits per heavy atom. The number of hydrogen-bond donors (Lipinski definition) is 1. The van der Waals surface area contributed by atoms with Crippen molar-refractivity contribution >= 4 is 11.9 Å². The van der Waals surface area contributed by atoms with Crippen LogP contribution >= 0.6 is 0 Å². The molecule has 1 aliphatic rings. The Bertz CT molecular complexity index is 1030. The van der Waals surface area contributed by atoms with Crippen molar-refractivity contribution in [1.29, 1.82) is 0 Å². The summed E-state index contributed by atoms with van der Waals surface area (Å²) in [5.74, 6) is 1.36. The summed E-state index contributed by atoms with van der Waals surface area (Å²) >= 11 is 0. The number of carbonyl (C=O) groups excluding carboxylic acids is 2. The fourth-order valence-corrected chi connectivity index (χ4v) is 3.50. The topological polar surface area (TPSA) is 107 Å². The molecule has 1 fully saturated rings. The maximum Gasteiger partial charge on any atom is 0.326 e. The normalized spacial score (nSPS) is 15.2. The van der Waals surface area contributed by atoms with Gasteiger partial charge < -0.3 is 19.2 Å². The maximum atomic E-state index is 13.6. The molecule has 1 aliphatic heterocycles. The van der Waals surface area contributed by atoms with Crippen molar-refractivity contribution in [3.05, 3.63) is 71.4 Å². The molecule has 3 aromatic rings. The number of carbonyl (C=O) groups is 2. The molecule has 30 heavy (non-hydrogen) atoms. The molecule has 0 bridgehead atoms. The smallest absolute Gasteiger partial charge is 0.326 e. The van der Waals surface area contributed by atoms with Crippen molar-refractivity contribution in [2.24, 2.45) is 0 Å². The first-order chi connectivity index (χ1) is 14.5. The van der Waals surface area contributed by atoms with E-state index in [0.29, 0.717) is 28.5 Å². The lowest BCUT2D eigenvalue weighted by Crippen LogP contribution is -2.45. The third-order valence-corrected chi connectivity index (χ3v) is 5.01.